The summed E-state index contributed by atoms with van der Waals surface area (Å²) < 4.78 is 1.70. The van der Waals surface area contributed by atoms with Gasteiger partial charge < -0.3 is 0 Å². The minimum Gasteiger partial charge on any atom is -0.267 e. The van der Waals surface area contributed by atoms with Gasteiger partial charge in [-0.3, -0.25) is 14.6 Å². The Bertz CT molecular complexity index is 824. The van der Waals surface area contributed by atoms with E-state index in [1.165, 1.54) is 5.56 Å². The van der Waals surface area contributed by atoms with Crippen LogP contribution in [-0.4, -0.2) is 9.78 Å². The fourth-order valence-electron chi connectivity index (χ4n) is 2.32. The number of nitrogens with one attached hydrogen (secondary N) is 1. The zero-order valence-electron chi connectivity index (χ0n) is 11.9. The lowest BCUT2D eigenvalue weighted by molar-refractivity contribution is 0.863. The highest BCUT2D eigenvalue weighted by Gasteiger charge is 2.08. The van der Waals surface area contributed by atoms with Crippen LogP contribution in [0.2, 0.25) is 5.02 Å². The lowest BCUT2D eigenvalue weighted by atomic mass is 10.1. The molecule has 1 N–H and O–H groups in total. The molecule has 0 radical (unpaired) electrons. The number of hydrogen-bond donors (Lipinski definition) is 1. The molecule has 3 rings (SSSR count). The molecule has 0 bridgehead atoms. The van der Waals surface area contributed by atoms with E-state index in [1.807, 2.05) is 56.3 Å². The monoisotopic (exact) mass is 298 g/mol. The van der Waals surface area contributed by atoms with E-state index in [0.29, 0.717) is 10.6 Å². The van der Waals surface area contributed by atoms with Gasteiger partial charge in [-0.15, -0.1) is 0 Å². The van der Waals surface area contributed by atoms with Crippen molar-refractivity contribution < 1.29 is 0 Å². The minimum absolute atomic E-state index is 0.114. The zero-order chi connectivity index (χ0) is 15.0. The smallest absolute Gasteiger partial charge is 0.267 e. The molecule has 0 unspecified atom stereocenters. The van der Waals surface area contributed by atoms with Crippen molar-refractivity contribution in [3.8, 4) is 16.8 Å². The molecule has 0 saturated heterocycles. The Kier molecular flexibility index (Phi) is 3.43. The highest BCUT2D eigenvalue weighted by Crippen LogP contribution is 2.20. The summed E-state index contributed by atoms with van der Waals surface area (Å²) in [6.45, 7) is 3.99. The predicted molar refractivity (Wildman–Crippen MR) is 86.3 cm³/mol. The fraction of sp³-hybridized carbons (Fsp3) is 0.118. The third-order valence-corrected chi connectivity index (χ3v) is 3.61. The number of halogens is 1. The molecule has 0 aliphatic carbocycles. The quantitative estimate of drug-likeness (QED) is 0.760. The van der Waals surface area contributed by atoms with Crippen LogP contribution in [0.4, 0.5) is 0 Å². The topological polar surface area (TPSA) is 37.8 Å². The van der Waals surface area contributed by atoms with Gasteiger partial charge in [-0.05, 0) is 43.2 Å². The van der Waals surface area contributed by atoms with E-state index in [1.54, 1.807) is 10.9 Å². The first-order chi connectivity index (χ1) is 10.0. The summed E-state index contributed by atoms with van der Waals surface area (Å²) in [7, 11) is 0. The van der Waals surface area contributed by atoms with Gasteiger partial charge in [-0.1, -0.05) is 41.4 Å². The second-order valence-electron chi connectivity index (χ2n) is 5.21. The van der Waals surface area contributed by atoms with Crippen LogP contribution in [0.15, 0.2) is 53.5 Å². The molecule has 0 saturated carbocycles. The molecule has 4 heteroatoms. The van der Waals surface area contributed by atoms with Crippen molar-refractivity contribution >= 4 is 11.6 Å². The van der Waals surface area contributed by atoms with Crippen molar-refractivity contribution in [2.75, 3.05) is 0 Å². The Balaban J connectivity index is 2.09. The average molecular weight is 299 g/mol. The molecule has 21 heavy (non-hydrogen) atoms. The largest absolute Gasteiger partial charge is 0.272 e. The summed E-state index contributed by atoms with van der Waals surface area (Å²) in [5, 5.41) is 3.48. The molecular formula is C17H15ClN2O. The summed E-state index contributed by atoms with van der Waals surface area (Å²) in [6, 6.07) is 13.6. The molecule has 0 aliphatic heterocycles. The van der Waals surface area contributed by atoms with E-state index >= 15 is 0 Å². The highest BCUT2D eigenvalue weighted by atomic mass is 35.5. The van der Waals surface area contributed by atoms with Gasteiger partial charge in [0.05, 0.1) is 11.3 Å². The van der Waals surface area contributed by atoms with Crippen LogP contribution < -0.4 is 5.56 Å². The number of nitrogens with zero attached hydrogens (tertiary/aromatic N) is 1. The Morgan fingerprint density at radius 1 is 1.00 bits per heavy atom. The van der Waals surface area contributed by atoms with Crippen molar-refractivity contribution in [3.05, 3.63) is 75.2 Å². The van der Waals surface area contributed by atoms with Crippen molar-refractivity contribution in [1.82, 2.24) is 9.78 Å². The normalized spacial score (nSPS) is 10.8. The van der Waals surface area contributed by atoms with Crippen LogP contribution in [0, 0.1) is 13.8 Å². The Hall–Kier alpha value is -2.26. The van der Waals surface area contributed by atoms with Gasteiger partial charge in [0.2, 0.25) is 0 Å². The SMILES string of the molecule is Cc1ccc(-c2cn(-c3cc(C)cc(Cl)c3)[nH]c2=O)cc1. The predicted octanol–water partition coefficient (Wildman–Crippen LogP) is 4.10. The zero-order valence-corrected chi connectivity index (χ0v) is 12.6. The van der Waals surface area contributed by atoms with Crippen LogP contribution in [0.25, 0.3) is 16.8 Å². The second-order valence-corrected chi connectivity index (χ2v) is 5.64. The molecule has 1 heterocycles. The third kappa shape index (κ3) is 2.78. The first kappa shape index (κ1) is 13.7. The summed E-state index contributed by atoms with van der Waals surface area (Å²) in [4.78, 5) is 12.2. The van der Waals surface area contributed by atoms with E-state index in [-0.39, 0.29) is 5.56 Å². The maximum absolute atomic E-state index is 12.2. The molecule has 3 aromatic rings. The number of aryl methyl sites for hydroxylation is 2. The van der Waals surface area contributed by atoms with Gasteiger partial charge in [0.15, 0.2) is 0 Å². The molecule has 0 amide bonds. The number of rotatable bonds is 2. The van der Waals surface area contributed by atoms with Gasteiger partial charge in [-0.25, -0.2) is 0 Å². The molecule has 0 fully saturated rings. The fourth-order valence-corrected chi connectivity index (χ4v) is 2.61. The maximum Gasteiger partial charge on any atom is 0.272 e. The van der Waals surface area contributed by atoms with E-state index in [2.05, 4.69) is 5.10 Å². The summed E-state index contributed by atoms with van der Waals surface area (Å²) in [5.74, 6) is 0. The van der Waals surface area contributed by atoms with Crippen LogP contribution in [0.1, 0.15) is 11.1 Å². The molecule has 0 spiro atoms. The molecular weight excluding hydrogens is 284 g/mol. The third-order valence-electron chi connectivity index (χ3n) is 3.39. The van der Waals surface area contributed by atoms with Gasteiger partial charge in [0.25, 0.3) is 5.56 Å². The maximum atomic E-state index is 12.2. The summed E-state index contributed by atoms with van der Waals surface area (Å²) in [5.41, 5.74) is 4.49. The second kappa shape index (κ2) is 5.26. The summed E-state index contributed by atoms with van der Waals surface area (Å²) in [6.07, 6.45) is 1.80. The lowest BCUT2D eigenvalue weighted by Crippen LogP contribution is -2.05. The van der Waals surface area contributed by atoms with Gasteiger partial charge >= 0.3 is 0 Å². The molecule has 2 aromatic carbocycles. The van der Waals surface area contributed by atoms with Crippen LogP contribution >= 0.6 is 11.6 Å². The number of hydrogen-bond acceptors (Lipinski definition) is 1. The van der Waals surface area contributed by atoms with Gasteiger partial charge in [0, 0.05) is 11.2 Å². The molecule has 0 atom stereocenters. The Morgan fingerprint density at radius 3 is 2.38 bits per heavy atom. The van der Waals surface area contributed by atoms with Crippen molar-refractivity contribution in [3.63, 3.8) is 0 Å². The standard InChI is InChI=1S/C17H15ClN2O/c1-11-3-5-13(6-4-11)16-10-20(19-17(16)21)15-8-12(2)7-14(18)9-15/h3-10H,1-2H3,(H,19,21). The van der Waals surface area contributed by atoms with Crippen molar-refractivity contribution in [1.29, 1.82) is 0 Å². The first-order valence-corrected chi connectivity index (χ1v) is 7.07. The number of aromatic amines is 1. The Labute approximate surface area is 127 Å². The molecule has 1 aromatic heterocycles. The number of aromatic nitrogens is 2. The number of benzene rings is 2. The minimum atomic E-state index is -0.114. The van der Waals surface area contributed by atoms with E-state index in [9.17, 15) is 4.79 Å². The average Bonchev–Trinajstić information content (AvgIpc) is 2.81. The molecule has 0 aliphatic rings. The number of H-pyrrole nitrogens is 1. The summed E-state index contributed by atoms with van der Waals surface area (Å²) >= 11 is 6.08. The van der Waals surface area contributed by atoms with Crippen molar-refractivity contribution in [2.45, 2.75) is 13.8 Å². The van der Waals surface area contributed by atoms with Crippen LogP contribution in [-0.2, 0) is 0 Å². The Morgan fingerprint density at radius 2 is 1.71 bits per heavy atom. The van der Waals surface area contributed by atoms with Crippen molar-refractivity contribution in [2.24, 2.45) is 0 Å². The van der Waals surface area contributed by atoms with Crippen LogP contribution in [0.3, 0.4) is 0 Å². The lowest BCUT2D eigenvalue weighted by Gasteiger charge is -2.04. The van der Waals surface area contributed by atoms with Gasteiger partial charge in [0.1, 0.15) is 0 Å². The van der Waals surface area contributed by atoms with Gasteiger partial charge in [-0.2, -0.15) is 0 Å². The first-order valence-electron chi connectivity index (χ1n) is 6.69. The van der Waals surface area contributed by atoms with E-state index in [0.717, 1.165) is 16.8 Å². The molecule has 106 valence electrons. The van der Waals surface area contributed by atoms with E-state index in [4.69, 9.17) is 11.6 Å². The van der Waals surface area contributed by atoms with E-state index < -0.39 is 0 Å². The molecule has 3 nitrogen and oxygen atoms in total. The van der Waals surface area contributed by atoms with Crippen LogP contribution in [0.5, 0.6) is 0 Å². The highest BCUT2D eigenvalue weighted by molar-refractivity contribution is 6.30.